The number of ether oxygens (including phenoxy) is 1. The zero-order valence-corrected chi connectivity index (χ0v) is 10.9. The molecule has 15 heavy (non-hydrogen) atoms. The molecule has 1 aromatic carbocycles. The normalized spacial score (nSPS) is 10.5. The highest BCUT2D eigenvalue weighted by atomic mass is 127. The number of carbonyl (C=O) groups excluding carboxylic acids is 1. The molecule has 2 aromatic rings. The predicted octanol–water partition coefficient (Wildman–Crippen LogP) is 3.27. The number of nitrogens with zero attached hydrogens (tertiary/aromatic N) is 1. The molecule has 0 saturated heterocycles. The van der Waals surface area contributed by atoms with Crippen LogP contribution in [-0.2, 0) is 4.74 Å². The molecule has 0 amide bonds. The van der Waals surface area contributed by atoms with Crippen molar-refractivity contribution in [2.75, 3.05) is 7.11 Å². The smallest absolute Gasteiger partial charge is 0.338 e. The maximum atomic E-state index is 11.5. The van der Waals surface area contributed by atoms with Crippen molar-refractivity contribution in [2.24, 2.45) is 0 Å². The molecule has 0 atom stereocenters. The third-order valence-electron chi connectivity index (χ3n) is 2.18. The zero-order chi connectivity index (χ0) is 10.8. The minimum absolute atomic E-state index is 0.295. The molecule has 1 heterocycles. The summed E-state index contributed by atoms with van der Waals surface area (Å²) in [5, 5.41) is 0.925. The molecule has 1 aromatic heterocycles. The van der Waals surface area contributed by atoms with Crippen LogP contribution in [0.4, 0.5) is 0 Å². The van der Waals surface area contributed by atoms with Gasteiger partial charge in [-0.1, -0.05) is 6.07 Å². The fourth-order valence-corrected chi connectivity index (χ4v) is 2.86. The van der Waals surface area contributed by atoms with Gasteiger partial charge in [0.05, 0.1) is 18.2 Å². The van der Waals surface area contributed by atoms with Gasteiger partial charge < -0.3 is 4.74 Å². The molecule has 0 aliphatic carbocycles. The van der Waals surface area contributed by atoms with Crippen LogP contribution in [0.25, 0.3) is 10.9 Å². The van der Waals surface area contributed by atoms with E-state index in [-0.39, 0.29) is 5.97 Å². The molecule has 2 rings (SSSR count). The maximum absolute atomic E-state index is 11.5. The highest BCUT2D eigenvalue weighted by Gasteiger charge is 2.11. The molecule has 0 radical (unpaired) electrons. The van der Waals surface area contributed by atoms with Crippen LogP contribution in [-0.4, -0.2) is 17.1 Å². The number of rotatable bonds is 2. The molecule has 0 unspecified atom stereocenters. The third-order valence-corrected chi connectivity index (χ3v) is 3.92. The minimum Gasteiger partial charge on any atom is -0.465 e. The van der Waals surface area contributed by atoms with Crippen molar-refractivity contribution >= 4 is 47.2 Å². The quantitative estimate of drug-likeness (QED) is 0.624. The van der Waals surface area contributed by atoms with Crippen LogP contribution < -0.4 is 0 Å². The van der Waals surface area contributed by atoms with Gasteiger partial charge >= 0.3 is 5.97 Å². The second-order valence-electron chi connectivity index (χ2n) is 2.94. The Morgan fingerprint density at radius 1 is 1.47 bits per heavy atom. The van der Waals surface area contributed by atoms with Crippen LogP contribution in [0.5, 0.6) is 0 Å². The zero-order valence-electron chi connectivity index (χ0n) is 7.94. The van der Waals surface area contributed by atoms with E-state index >= 15 is 0 Å². The first-order chi connectivity index (χ1) is 7.27. The number of hydrogen-bond donors (Lipinski definition) is 0. The molecule has 0 spiro atoms. The summed E-state index contributed by atoms with van der Waals surface area (Å²) in [6.07, 6.45) is 1.94. The lowest BCUT2D eigenvalue weighted by atomic mass is 10.1. The SMILES string of the molecule is COC(=O)c1cccc2c1ccn2SI. The van der Waals surface area contributed by atoms with Gasteiger partial charge in [0.25, 0.3) is 0 Å². The summed E-state index contributed by atoms with van der Waals surface area (Å²) in [6, 6.07) is 7.54. The van der Waals surface area contributed by atoms with Crippen molar-refractivity contribution in [1.29, 1.82) is 0 Å². The molecule has 0 fully saturated rings. The van der Waals surface area contributed by atoms with Gasteiger partial charge in [-0.25, -0.2) is 4.79 Å². The van der Waals surface area contributed by atoms with Gasteiger partial charge in [-0.2, -0.15) is 0 Å². The Bertz CT molecular complexity index is 509. The molecular formula is C10H8INO2S. The van der Waals surface area contributed by atoms with Crippen LogP contribution in [0, 0.1) is 0 Å². The van der Waals surface area contributed by atoms with E-state index in [1.807, 2.05) is 28.4 Å². The number of methoxy groups -OCH3 is 1. The largest absolute Gasteiger partial charge is 0.465 e. The first-order valence-electron chi connectivity index (χ1n) is 4.25. The monoisotopic (exact) mass is 333 g/mol. The van der Waals surface area contributed by atoms with Crippen LogP contribution in [0.2, 0.25) is 0 Å². The van der Waals surface area contributed by atoms with E-state index in [1.165, 1.54) is 7.11 Å². The molecule has 78 valence electrons. The summed E-state index contributed by atoms with van der Waals surface area (Å²) in [5.41, 5.74) is 1.64. The molecule has 0 saturated carbocycles. The van der Waals surface area contributed by atoms with Crippen LogP contribution >= 0.6 is 30.3 Å². The van der Waals surface area contributed by atoms with Crippen LogP contribution in [0.15, 0.2) is 30.5 Å². The highest BCUT2D eigenvalue weighted by Crippen LogP contribution is 2.27. The fraction of sp³-hybridized carbons (Fsp3) is 0.100. The Hall–Kier alpha value is -0.690. The lowest BCUT2D eigenvalue weighted by Gasteiger charge is -2.02. The number of benzene rings is 1. The molecule has 3 nitrogen and oxygen atoms in total. The second-order valence-corrected chi connectivity index (χ2v) is 4.65. The number of esters is 1. The van der Waals surface area contributed by atoms with E-state index in [1.54, 1.807) is 15.2 Å². The van der Waals surface area contributed by atoms with E-state index in [0.29, 0.717) is 5.56 Å². The van der Waals surface area contributed by atoms with E-state index in [4.69, 9.17) is 4.74 Å². The van der Waals surface area contributed by atoms with E-state index in [0.717, 1.165) is 10.9 Å². The van der Waals surface area contributed by atoms with Crippen LogP contribution in [0.3, 0.4) is 0 Å². The van der Waals surface area contributed by atoms with Gasteiger partial charge in [-0.3, -0.25) is 3.97 Å². The molecular weight excluding hydrogens is 325 g/mol. The van der Waals surface area contributed by atoms with Crippen molar-refractivity contribution < 1.29 is 9.53 Å². The lowest BCUT2D eigenvalue weighted by molar-refractivity contribution is 0.0603. The van der Waals surface area contributed by atoms with E-state index in [2.05, 4.69) is 21.2 Å². The van der Waals surface area contributed by atoms with Crippen molar-refractivity contribution in [1.82, 2.24) is 3.97 Å². The minimum atomic E-state index is -0.295. The average molecular weight is 333 g/mol. The van der Waals surface area contributed by atoms with Gasteiger partial charge in [-0.05, 0) is 18.2 Å². The van der Waals surface area contributed by atoms with E-state index in [9.17, 15) is 4.79 Å². The Morgan fingerprint density at radius 2 is 2.27 bits per heavy atom. The molecule has 0 bridgehead atoms. The Morgan fingerprint density at radius 3 is 2.93 bits per heavy atom. The Kier molecular flexibility index (Phi) is 3.20. The highest BCUT2D eigenvalue weighted by molar-refractivity contribution is 14.2. The standard InChI is InChI=1S/C10H8INO2S/c1-14-10(13)8-3-2-4-9-7(8)5-6-12(9)15-11/h2-6H,1H3. The topological polar surface area (TPSA) is 31.2 Å². The Balaban J connectivity index is 2.67. The number of halogens is 1. The summed E-state index contributed by atoms with van der Waals surface area (Å²) in [5.74, 6) is -0.295. The number of carbonyl (C=O) groups is 1. The van der Waals surface area contributed by atoms with Gasteiger partial charge in [0, 0.05) is 41.9 Å². The summed E-state index contributed by atoms with van der Waals surface area (Å²) < 4.78 is 6.73. The molecule has 0 N–H and O–H groups in total. The molecule has 0 aliphatic heterocycles. The number of fused-ring (bicyclic) bond motifs is 1. The van der Waals surface area contributed by atoms with Gasteiger partial charge in [0.2, 0.25) is 0 Å². The van der Waals surface area contributed by atoms with Gasteiger partial charge in [0.1, 0.15) is 0 Å². The van der Waals surface area contributed by atoms with Crippen molar-refractivity contribution in [3.05, 3.63) is 36.0 Å². The Labute approximate surface area is 104 Å². The molecule has 0 aliphatic rings. The maximum Gasteiger partial charge on any atom is 0.338 e. The van der Waals surface area contributed by atoms with Crippen molar-refractivity contribution in [3.63, 3.8) is 0 Å². The van der Waals surface area contributed by atoms with Crippen LogP contribution in [0.1, 0.15) is 10.4 Å². The lowest BCUT2D eigenvalue weighted by Crippen LogP contribution is -2.01. The average Bonchev–Trinajstić information content (AvgIpc) is 2.70. The first kappa shape index (κ1) is 10.8. The summed E-state index contributed by atoms with van der Waals surface area (Å²) >= 11 is 2.20. The van der Waals surface area contributed by atoms with Crippen molar-refractivity contribution in [2.45, 2.75) is 0 Å². The number of hydrogen-bond acceptors (Lipinski definition) is 3. The first-order valence-corrected chi connectivity index (χ1v) is 7.57. The summed E-state index contributed by atoms with van der Waals surface area (Å²) in [7, 11) is 2.96. The predicted molar refractivity (Wildman–Crippen MR) is 70.3 cm³/mol. The van der Waals surface area contributed by atoms with Gasteiger partial charge in [-0.15, -0.1) is 0 Å². The molecule has 5 heteroatoms. The van der Waals surface area contributed by atoms with E-state index < -0.39 is 0 Å². The fourth-order valence-electron chi connectivity index (χ4n) is 1.49. The van der Waals surface area contributed by atoms with Crippen molar-refractivity contribution in [3.8, 4) is 0 Å². The third kappa shape index (κ3) is 1.85. The second kappa shape index (κ2) is 4.44. The number of aromatic nitrogens is 1. The van der Waals surface area contributed by atoms with Gasteiger partial charge in [0.15, 0.2) is 0 Å². The summed E-state index contributed by atoms with van der Waals surface area (Å²) in [6.45, 7) is 0. The summed E-state index contributed by atoms with van der Waals surface area (Å²) in [4.78, 5) is 11.5.